The molecule has 0 bridgehead atoms. The standard InChI is InChI=1S/C11H9BrF4N2/c12-9-3-6(11(14,15)16)4-10(13)8(9)5-17-18-7-1-2-7/h3-5,7,18H,1-2H2. The van der Waals surface area contributed by atoms with Crippen LogP contribution in [0.1, 0.15) is 24.0 Å². The van der Waals surface area contributed by atoms with Crippen molar-refractivity contribution in [1.82, 2.24) is 5.43 Å². The van der Waals surface area contributed by atoms with Crippen molar-refractivity contribution in [3.05, 3.63) is 33.5 Å². The van der Waals surface area contributed by atoms with Crippen LogP contribution >= 0.6 is 15.9 Å². The highest BCUT2D eigenvalue weighted by molar-refractivity contribution is 9.10. The third-order valence-electron chi connectivity index (χ3n) is 2.43. The van der Waals surface area contributed by atoms with Crippen LogP contribution < -0.4 is 5.43 Å². The Labute approximate surface area is 109 Å². The van der Waals surface area contributed by atoms with Crippen molar-refractivity contribution in [2.24, 2.45) is 5.10 Å². The van der Waals surface area contributed by atoms with E-state index in [-0.39, 0.29) is 10.0 Å². The SMILES string of the molecule is Fc1cc(C(F)(F)F)cc(Br)c1C=NNC1CC1. The number of benzene rings is 1. The van der Waals surface area contributed by atoms with Crippen molar-refractivity contribution in [3.8, 4) is 0 Å². The van der Waals surface area contributed by atoms with Crippen molar-refractivity contribution < 1.29 is 17.6 Å². The van der Waals surface area contributed by atoms with Crippen molar-refractivity contribution >= 4 is 22.1 Å². The van der Waals surface area contributed by atoms with Crippen LogP contribution in [0.4, 0.5) is 17.6 Å². The molecule has 18 heavy (non-hydrogen) atoms. The highest BCUT2D eigenvalue weighted by atomic mass is 79.9. The third kappa shape index (κ3) is 3.22. The smallest absolute Gasteiger partial charge is 0.307 e. The molecule has 1 saturated carbocycles. The second-order valence-electron chi connectivity index (χ2n) is 4.01. The van der Waals surface area contributed by atoms with E-state index in [1.54, 1.807) is 0 Å². The summed E-state index contributed by atoms with van der Waals surface area (Å²) in [5.41, 5.74) is 1.73. The Morgan fingerprint density at radius 1 is 1.33 bits per heavy atom. The van der Waals surface area contributed by atoms with Crippen LogP contribution in [-0.2, 0) is 6.18 Å². The Morgan fingerprint density at radius 3 is 2.50 bits per heavy atom. The van der Waals surface area contributed by atoms with Crippen molar-refractivity contribution in [2.45, 2.75) is 25.1 Å². The monoisotopic (exact) mass is 324 g/mol. The minimum atomic E-state index is -4.56. The molecule has 98 valence electrons. The molecular weight excluding hydrogens is 316 g/mol. The average molecular weight is 325 g/mol. The fourth-order valence-electron chi connectivity index (χ4n) is 1.29. The van der Waals surface area contributed by atoms with Gasteiger partial charge in [0.1, 0.15) is 5.82 Å². The van der Waals surface area contributed by atoms with Crippen LogP contribution in [0.2, 0.25) is 0 Å². The quantitative estimate of drug-likeness (QED) is 0.512. The Balaban J connectivity index is 2.22. The molecule has 0 saturated heterocycles. The molecular formula is C11H9BrF4N2. The minimum Gasteiger partial charge on any atom is -0.307 e. The van der Waals surface area contributed by atoms with Gasteiger partial charge in [-0.05, 0) is 40.9 Å². The maximum absolute atomic E-state index is 13.5. The Morgan fingerprint density at radius 2 is 2.00 bits per heavy atom. The van der Waals surface area contributed by atoms with Gasteiger partial charge in [-0.1, -0.05) is 0 Å². The van der Waals surface area contributed by atoms with Crippen LogP contribution in [0.5, 0.6) is 0 Å². The van der Waals surface area contributed by atoms with Gasteiger partial charge in [-0.3, -0.25) is 0 Å². The summed E-state index contributed by atoms with van der Waals surface area (Å²) in [7, 11) is 0. The van der Waals surface area contributed by atoms with Gasteiger partial charge in [0.15, 0.2) is 0 Å². The number of rotatable bonds is 3. The molecule has 0 aliphatic heterocycles. The molecule has 2 rings (SSSR count). The number of nitrogens with one attached hydrogen (secondary N) is 1. The first-order valence-corrected chi connectivity index (χ1v) is 6.02. The Bertz CT molecular complexity index is 457. The molecule has 0 aromatic heterocycles. The lowest BCUT2D eigenvalue weighted by molar-refractivity contribution is -0.137. The largest absolute Gasteiger partial charge is 0.416 e. The van der Waals surface area contributed by atoms with E-state index in [4.69, 9.17) is 0 Å². The van der Waals surface area contributed by atoms with Gasteiger partial charge in [-0.15, -0.1) is 0 Å². The first kappa shape index (κ1) is 13.3. The summed E-state index contributed by atoms with van der Waals surface area (Å²) in [6.45, 7) is 0. The lowest BCUT2D eigenvalue weighted by atomic mass is 10.1. The number of alkyl halides is 3. The molecule has 1 N–H and O–H groups in total. The van der Waals surface area contributed by atoms with Crippen molar-refractivity contribution in [2.75, 3.05) is 0 Å². The van der Waals surface area contributed by atoms with Crippen LogP contribution in [0.3, 0.4) is 0 Å². The van der Waals surface area contributed by atoms with E-state index in [9.17, 15) is 17.6 Å². The highest BCUT2D eigenvalue weighted by Crippen LogP contribution is 2.33. The molecule has 0 amide bonds. The van der Waals surface area contributed by atoms with Crippen LogP contribution in [0.15, 0.2) is 21.7 Å². The molecule has 1 fully saturated rings. The summed E-state index contributed by atoms with van der Waals surface area (Å²) in [5, 5.41) is 3.79. The van der Waals surface area contributed by atoms with Gasteiger partial charge in [-0.2, -0.15) is 18.3 Å². The van der Waals surface area contributed by atoms with Crippen molar-refractivity contribution in [3.63, 3.8) is 0 Å². The molecule has 0 spiro atoms. The molecule has 1 aliphatic carbocycles. The first-order chi connectivity index (χ1) is 8.38. The van der Waals surface area contributed by atoms with Gasteiger partial charge in [-0.25, -0.2) is 4.39 Å². The van der Waals surface area contributed by atoms with E-state index < -0.39 is 17.6 Å². The zero-order valence-electron chi connectivity index (χ0n) is 9.06. The predicted octanol–water partition coefficient (Wildman–Crippen LogP) is 3.69. The van der Waals surface area contributed by atoms with Gasteiger partial charge in [0.2, 0.25) is 0 Å². The van der Waals surface area contributed by atoms with Gasteiger partial charge < -0.3 is 5.43 Å². The predicted molar refractivity (Wildman–Crippen MR) is 62.9 cm³/mol. The zero-order chi connectivity index (χ0) is 13.3. The molecule has 1 aromatic rings. The first-order valence-electron chi connectivity index (χ1n) is 5.23. The van der Waals surface area contributed by atoms with E-state index in [1.165, 1.54) is 6.21 Å². The lowest BCUT2D eigenvalue weighted by Crippen LogP contribution is -2.09. The fourth-order valence-corrected chi connectivity index (χ4v) is 1.83. The molecule has 1 aromatic carbocycles. The summed E-state index contributed by atoms with van der Waals surface area (Å²) < 4.78 is 50.8. The molecule has 7 heteroatoms. The Kier molecular flexibility index (Phi) is 3.61. The maximum atomic E-state index is 13.5. The highest BCUT2D eigenvalue weighted by Gasteiger charge is 2.32. The maximum Gasteiger partial charge on any atom is 0.416 e. The summed E-state index contributed by atoms with van der Waals surface area (Å²) in [6, 6.07) is 1.60. The molecule has 0 radical (unpaired) electrons. The second-order valence-corrected chi connectivity index (χ2v) is 4.87. The number of nitrogens with zero attached hydrogens (tertiary/aromatic N) is 1. The topological polar surface area (TPSA) is 24.4 Å². The lowest BCUT2D eigenvalue weighted by Gasteiger charge is -2.09. The van der Waals surface area contributed by atoms with Gasteiger partial charge >= 0.3 is 6.18 Å². The Hall–Kier alpha value is -1.11. The van der Waals surface area contributed by atoms with Gasteiger partial charge in [0, 0.05) is 16.1 Å². The number of hydrogen-bond acceptors (Lipinski definition) is 2. The van der Waals surface area contributed by atoms with E-state index in [0.29, 0.717) is 12.1 Å². The van der Waals surface area contributed by atoms with Crippen molar-refractivity contribution in [1.29, 1.82) is 0 Å². The number of halogens is 5. The fraction of sp³-hybridized carbons (Fsp3) is 0.364. The molecule has 0 atom stereocenters. The third-order valence-corrected chi connectivity index (χ3v) is 3.09. The van der Waals surface area contributed by atoms with E-state index in [1.807, 2.05) is 0 Å². The number of hydrazone groups is 1. The molecule has 0 heterocycles. The summed E-state index contributed by atoms with van der Waals surface area (Å²) in [6.07, 6.45) is -1.37. The van der Waals surface area contributed by atoms with E-state index in [0.717, 1.165) is 18.9 Å². The summed E-state index contributed by atoms with van der Waals surface area (Å²) in [4.78, 5) is 0. The van der Waals surface area contributed by atoms with E-state index >= 15 is 0 Å². The molecule has 1 aliphatic rings. The minimum absolute atomic E-state index is 0.00356. The average Bonchev–Trinajstić information content (AvgIpc) is 3.04. The normalized spacial score (nSPS) is 16.3. The van der Waals surface area contributed by atoms with Crippen LogP contribution in [-0.4, -0.2) is 12.3 Å². The van der Waals surface area contributed by atoms with Gasteiger partial charge in [0.25, 0.3) is 0 Å². The molecule has 0 unspecified atom stereocenters. The zero-order valence-corrected chi connectivity index (χ0v) is 10.6. The number of hydrogen-bond donors (Lipinski definition) is 1. The molecule has 2 nitrogen and oxygen atoms in total. The van der Waals surface area contributed by atoms with Gasteiger partial charge in [0.05, 0.1) is 11.8 Å². The van der Waals surface area contributed by atoms with E-state index in [2.05, 4.69) is 26.5 Å². The van der Waals surface area contributed by atoms with Crippen LogP contribution in [0.25, 0.3) is 0 Å². The second kappa shape index (κ2) is 4.87. The summed E-state index contributed by atoms with van der Waals surface area (Å²) in [5.74, 6) is -0.960. The van der Waals surface area contributed by atoms with Crippen LogP contribution in [0, 0.1) is 5.82 Å². The summed E-state index contributed by atoms with van der Waals surface area (Å²) >= 11 is 2.91.